The van der Waals surface area contributed by atoms with Crippen molar-refractivity contribution in [2.75, 3.05) is 33.5 Å². The molecule has 0 aromatic heterocycles. The van der Waals surface area contributed by atoms with Crippen molar-refractivity contribution in [1.82, 2.24) is 4.90 Å². The van der Waals surface area contributed by atoms with Gasteiger partial charge < -0.3 is 19.6 Å². The molecule has 1 rings (SSSR count). The molecule has 96 valence electrons. The van der Waals surface area contributed by atoms with Gasteiger partial charge in [-0.3, -0.25) is 13.6 Å². The molecule has 1 aliphatic rings. The van der Waals surface area contributed by atoms with E-state index in [4.69, 9.17) is 9.79 Å². The standard InChI is InChI=1S/C6H16N2O6P2/c1-7-3-4-8(2,5-15(9,10)11)6(7)16(12,13)14/h6H,3-5H2,1-2H3,(H3-,9,10,11,12,13,14)/p+1. The van der Waals surface area contributed by atoms with E-state index >= 15 is 0 Å². The van der Waals surface area contributed by atoms with Crippen LogP contribution in [-0.4, -0.2) is 68.3 Å². The summed E-state index contributed by atoms with van der Waals surface area (Å²) in [5.74, 6) is -1.18. The van der Waals surface area contributed by atoms with Crippen molar-refractivity contribution in [2.24, 2.45) is 0 Å². The van der Waals surface area contributed by atoms with Gasteiger partial charge in [0.15, 0.2) is 6.29 Å². The molecule has 0 spiro atoms. The largest absolute Gasteiger partial charge is 0.398 e. The molecule has 0 radical (unpaired) electrons. The van der Waals surface area contributed by atoms with Crippen molar-refractivity contribution in [3.8, 4) is 0 Å². The number of rotatable bonds is 3. The predicted molar refractivity (Wildman–Crippen MR) is 56.4 cm³/mol. The monoisotopic (exact) mass is 275 g/mol. The Morgan fingerprint density at radius 1 is 1.31 bits per heavy atom. The highest BCUT2D eigenvalue weighted by atomic mass is 31.2. The normalized spacial score (nSPS) is 33.2. The third-order valence-corrected chi connectivity index (χ3v) is 5.29. The molecule has 2 atom stereocenters. The van der Waals surface area contributed by atoms with Crippen molar-refractivity contribution in [3.63, 3.8) is 0 Å². The molecule has 16 heavy (non-hydrogen) atoms. The number of quaternary nitrogens is 1. The molecule has 0 aliphatic carbocycles. The fourth-order valence-electron chi connectivity index (χ4n) is 2.28. The Bertz CT molecular complexity index is 364. The summed E-state index contributed by atoms with van der Waals surface area (Å²) in [6.07, 6.45) is -0.562. The van der Waals surface area contributed by atoms with Crippen LogP contribution in [0.25, 0.3) is 0 Å². The highest BCUT2D eigenvalue weighted by Crippen LogP contribution is 2.52. The molecular formula is C6H17N2O6P2+. The lowest BCUT2D eigenvalue weighted by Gasteiger charge is -2.36. The molecule has 0 saturated carbocycles. The van der Waals surface area contributed by atoms with Gasteiger partial charge in [0.1, 0.15) is 0 Å². The van der Waals surface area contributed by atoms with Gasteiger partial charge in [-0.15, -0.1) is 0 Å². The van der Waals surface area contributed by atoms with Crippen LogP contribution in [0.4, 0.5) is 0 Å². The fraction of sp³-hybridized carbons (Fsp3) is 1.00. The van der Waals surface area contributed by atoms with E-state index < -0.39 is 27.4 Å². The zero-order chi connectivity index (χ0) is 12.8. The van der Waals surface area contributed by atoms with Gasteiger partial charge in [0.05, 0.1) is 20.1 Å². The first-order valence-electron chi connectivity index (χ1n) is 4.60. The number of hydrogen-bond donors (Lipinski definition) is 4. The van der Waals surface area contributed by atoms with Crippen LogP contribution in [0.15, 0.2) is 0 Å². The third kappa shape index (κ3) is 3.12. The molecule has 1 saturated heterocycles. The Morgan fingerprint density at radius 2 is 1.81 bits per heavy atom. The second kappa shape index (κ2) is 4.15. The van der Waals surface area contributed by atoms with Gasteiger partial charge in [0, 0.05) is 0 Å². The maximum absolute atomic E-state index is 11.3. The summed E-state index contributed by atoms with van der Waals surface area (Å²) in [6, 6.07) is 0. The minimum Gasteiger partial charge on any atom is -0.321 e. The van der Waals surface area contributed by atoms with Gasteiger partial charge in [-0.2, -0.15) is 0 Å². The lowest BCUT2D eigenvalue weighted by molar-refractivity contribution is -0.904. The van der Waals surface area contributed by atoms with E-state index in [9.17, 15) is 18.9 Å². The van der Waals surface area contributed by atoms with E-state index in [1.807, 2.05) is 0 Å². The average molecular weight is 275 g/mol. The zero-order valence-corrected chi connectivity index (χ0v) is 10.9. The quantitative estimate of drug-likeness (QED) is 0.384. The van der Waals surface area contributed by atoms with Crippen LogP contribution in [0.5, 0.6) is 0 Å². The fourth-order valence-corrected chi connectivity index (χ4v) is 5.10. The maximum atomic E-state index is 11.3. The Morgan fingerprint density at radius 3 is 2.19 bits per heavy atom. The molecule has 0 aromatic rings. The molecular weight excluding hydrogens is 258 g/mol. The van der Waals surface area contributed by atoms with Gasteiger partial charge in [0.2, 0.25) is 5.91 Å². The average Bonchev–Trinajstić information content (AvgIpc) is 2.20. The van der Waals surface area contributed by atoms with Crippen LogP contribution in [-0.2, 0) is 9.13 Å². The van der Waals surface area contributed by atoms with Crippen LogP contribution in [0.2, 0.25) is 0 Å². The first-order chi connectivity index (χ1) is 6.96. The molecule has 8 nitrogen and oxygen atoms in total. The molecule has 1 fully saturated rings. The lowest BCUT2D eigenvalue weighted by atomic mass is 10.6. The minimum atomic E-state index is -4.42. The van der Waals surface area contributed by atoms with Crippen molar-refractivity contribution < 1.29 is 33.2 Å². The van der Waals surface area contributed by atoms with Crippen LogP contribution in [0.3, 0.4) is 0 Å². The zero-order valence-electron chi connectivity index (χ0n) is 9.09. The summed E-state index contributed by atoms with van der Waals surface area (Å²) in [5, 5.41) is 0. The van der Waals surface area contributed by atoms with Gasteiger partial charge >= 0.3 is 15.2 Å². The van der Waals surface area contributed by atoms with Crippen LogP contribution in [0, 0.1) is 0 Å². The second-order valence-electron chi connectivity index (χ2n) is 4.43. The van der Waals surface area contributed by atoms with Gasteiger partial charge in [-0.05, 0) is 7.05 Å². The van der Waals surface area contributed by atoms with Crippen molar-refractivity contribution in [1.29, 1.82) is 0 Å². The highest BCUT2D eigenvalue weighted by Gasteiger charge is 2.54. The van der Waals surface area contributed by atoms with E-state index in [2.05, 4.69) is 0 Å². The molecule has 10 heteroatoms. The number of likely N-dealkylation sites (N-methyl/N-ethyl adjacent to an activating group) is 2. The van der Waals surface area contributed by atoms with Crippen LogP contribution >= 0.6 is 15.2 Å². The Balaban J connectivity index is 3.03. The summed E-state index contributed by atoms with van der Waals surface area (Å²) in [7, 11) is -5.75. The van der Waals surface area contributed by atoms with Gasteiger partial charge in [-0.1, -0.05) is 0 Å². The molecule has 1 heterocycles. The SMILES string of the molecule is CN1CC[N+](C)(CP(=O)(O)O)C1P(=O)(O)O. The Kier molecular flexibility index (Phi) is 3.71. The smallest absolute Gasteiger partial charge is 0.321 e. The van der Waals surface area contributed by atoms with E-state index in [-0.39, 0.29) is 4.48 Å². The van der Waals surface area contributed by atoms with E-state index in [1.165, 1.54) is 19.0 Å². The Hall–Kier alpha value is 0.220. The minimum absolute atomic E-state index is 0.303. The Labute approximate surface area is 93.4 Å². The summed E-state index contributed by atoms with van der Waals surface area (Å²) < 4.78 is 22.0. The maximum Gasteiger partial charge on any atom is 0.398 e. The van der Waals surface area contributed by atoms with E-state index in [1.54, 1.807) is 0 Å². The molecule has 4 N–H and O–H groups in total. The predicted octanol–water partition coefficient (Wildman–Crippen LogP) is -1.03. The van der Waals surface area contributed by atoms with E-state index in [0.29, 0.717) is 13.1 Å². The van der Waals surface area contributed by atoms with Crippen LogP contribution in [0.1, 0.15) is 0 Å². The molecule has 1 aliphatic heterocycles. The van der Waals surface area contributed by atoms with Gasteiger partial charge in [-0.25, -0.2) is 4.90 Å². The number of nitrogens with zero attached hydrogens (tertiary/aromatic N) is 2. The van der Waals surface area contributed by atoms with Crippen molar-refractivity contribution in [3.05, 3.63) is 0 Å². The second-order valence-corrected chi connectivity index (χ2v) is 7.68. The summed E-state index contributed by atoms with van der Waals surface area (Å²) in [6.45, 7) is 0.698. The third-order valence-electron chi connectivity index (χ3n) is 2.72. The summed E-state index contributed by atoms with van der Waals surface area (Å²) >= 11 is 0. The number of hydrogen-bond acceptors (Lipinski definition) is 3. The van der Waals surface area contributed by atoms with Gasteiger partial charge in [0.25, 0.3) is 0 Å². The van der Waals surface area contributed by atoms with Crippen molar-refractivity contribution in [2.45, 2.75) is 5.91 Å². The first-order valence-corrected chi connectivity index (χ1v) is 8.08. The molecule has 2 unspecified atom stereocenters. The van der Waals surface area contributed by atoms with Crippen molar-refractivity contribution >= 4 is 15.2 Å². The highest BCUT2D eigenvalue weighted by molar-refractivity contribution is 7.52. The molecule has 0 bridgehead atoms. The lowest BCUT2D eigenvalue weighted by Crippen LogP contribution is -2.51. The topological polar surface area (TPSA) is 118 Å². The summed E-state index contributed by atoms with van der Waals surface area (Å²) in [4.78, 5) is 37.8. The summed E-state index contributed by atoms with van der Waals surface area (Å²) in [5.41, 5.74) is 0. The first kappa shape index (κ1) is 14.3. The van der Waals surface area contributed by atoms with E-state index in [0.717, 1.165) is 0 Å². The molecule has 0 amide bonds. The molecule has 0 aromatic carbocycles. The van der Waals surface area contributed by atoms with Crippen LogP contribution < -0.4 is 0 Å².